The molecule has 32 heavy (non-hydrogen) atoms. The third kappa shape index (κ3) is 4.34. The Hall–Kier alpha value is -3.69. The first-order valence-electron chi connectivity index (χ1n) is 9.83. The summed E-state index contributed by atoms with van der Waals surface area (Å²) in [6.45, 7) is 0.105. The van der Waals surface area contributed by atoms with Gasteiger partial charge in [0.1, 0.15) is 5.75 Å². The van der Waals surface area contributed by atoms with Crippen LogP contribution in [0.5, 0.6) is 5.75 Å². The number of non-ortho nitro benzene ring substituents is 1. The molecule has 8 nitrogen and oxygen atoms in total. The van der Waals surface area contributed by atoms with Crippen LogP contribution < -0.4 is 9.46 Å². The van der Waals surface area contributed by atoms with E-state index in [1.54, 1.807) is 7.11 Å². The number of hydrogen-bond donors (Lipinski definition) is 2. The average Bonchev–Trinajstić information content (AvgIpc) is 3.23. The lowest BCUT2D eigenvalue weighted by Crippen LogP contribution is -2.29. The molecule has 1 aromatic heterocycles. The fraction of sp³-hybridized carbons (Fsp3) is 0.130. The van der Waals surface area contributed by atoms with E-state index in [2.05, 4.69) is 9.71 Å². The second-order valence-corrected chi connectivity index (χ2v) is 8.99. The maximum Gasteiger partial charge on any atom is 0.269 e. The Morgan fingerprint density at radius 1 is 1.03 bits per heavy atom. The summed E-state index contributed by atoms with van der Waals surface area (Å²) in [5.74, 6) is 0.433. The van der Waals surface area contributed by atoms with Crippen molar-refractivity contribution in [2.75, 3.05) is 13.7 Å². The summed E-state index contributed by atoms with van der Waals surface area (Å²) < 4.78 is 33.7. The first-order chi connectivity index (χ1) is 15.4. The Bertz CT molecular complexity index is 1350. The molecule has 0 aliphatic carbocycles. The largest absolute Gasteiger partial charge is 0.497 e. The van der Waals surface area contributed by atoms with Gasteiger partial charge in [0.2, 0.25) is 10.0 Å². The van der Waals surface area contributed by atoms with Gasteiger partial charge in [0.15, 0.2) is 0 Å². The Labute approximate surface area is 185 Å². The molecule has 0 amide bonds. The summed E-state index contributed by atoms with van der Waals surface area (Å²) in [5.41, 5.74) is 2.66. The number of nitro benzene ring substituents is 1. The third-order valence-corrected chi connectivity index (χ3v) is 6.79. The zero-order valence-electron chi connectivity index (χ0n) is 17.2. The molecule has 0 fully saturated rings. The zero-order chi connectivity index (χ0) is 22.7. The van der Waals surface area contributed by atoms with E-state index in [-0.39, 0.29) is 23.0 Å². The summed E-state index contributed by atoms with van der Waals surface area (Å²) in [7, 11) is -2.28. The molecule has 4 rings (SSSR count). The number of benzene rings is 3. The minimum atomic E-state index is -3.87. The van der Waals surface area contributed by atoms with Crippen LogP contribution in [0.3, 0.4) is 0 Å². The Morgan fingerprint density at radius 2 is 1.72 bits per heavy atom. The van der Waals surface area contributed by atoms with Crippen LogP contribution in [0.4, 0.5) is 5.69 Å². The van der Waals surface area contributed by atoms with Crippen molar-refractivity contribution in [3.05, 3.63) is 100 Å². The summed E-state index contributed by atoms with van der Waals surface area (Å²) in [6, 6.07) is 20.1. The fourth-order valence-corrected chi connectivity index (χ4v) is 4.70. The minimum Gasteiger partial charge on any atom is -0.497 e. The van der Waals surface area contributed by atoms with E-state index >= 15 is 0 Å². The molecule has 0 spiro atoms. The van der Waals surface area contributed by atoms with Gasteiger partial charge >= 0.3 is 0 Å². The topological polar surface area (TPSA) is 114 Å². The van der Waals surface area contributed by atoms with Gasteiger partial charge in [0.25, 0.3) is 5.69 Å². The van der Waals surface area contributed by atoms with Crippen molar-refractivity contribution < 1.29 is 18.1 Å². The van der Waals surface area contributed by atoms with Crippen LogP contribution in [0.2, 0.25) is 0 Å². The van der Waals surface area contributed by atoms with Crippen LogP contribution in [0, 0.1) is 10.1 Å². The molecule has 0 aliphatic heterocycles. The number of sulfonamides is 1. The van der Waals surface area contributed by atoms with Crippen molar-refractivity contribution in [3.8, 4) is 5.75 Å². The number of aromatic nitrogens is 1. The molecule has 2 N–H and O–H groups in total. The first kappa shape index (κ1) is 21.5. The average molecular weight is 452 g/mol. The number of ether oxygens (including phenoxy) is 1. The van der Waals surface area contributed by atoms with Gasteiger partial charge in [-0.05, 0) is 41.5 Å². The van der Waals surface area contributed by atoms with Crippen molar-refractivity contribution in [2.45, 2.75) is 10.8 Å². The second-order valence-electron chi connectivity index (χ2n) is 7.22. The van der Waals surface area contributed by atoms with Crippen molar-refractivity contribution in [1.29, 1.82) is 0 Å². The standard InChI is InChI=1S/C23H21N3O5S/c1-31-18-10-6-16(7-11-18)21(22-14-24-23-5-3-2-4-20(22)23)15-25-32(29,30)19-12-8-17(9-13-19)26(27)28/h2-14,21,24-25H,15H2,1H3. The SMILES string of the molecule is COc1ccc(C(CNS(=O)(=O)c2ccc([N+](=O)[O-])cc2)c2c[nH]c3ccccc23)cc1. The Balaban J connectivity index is 1.66. The molecular weight excluding hydrogens is 430 g/mol. The highest BCUT2D eigenvalue weighted by Gasteiger charge is 2.22. The summed E-state index contributed by atoms with van der Waals surface area (Å²) >= 11 is 0. The van der Waals surface area contributed by atoms with Gasteiger partial charge in [0.05, 0.1) is 16.9 Å². The van der Waals surface area contributed by atoms with Crippen molar-refractivity contribution >= 4 is 26.6 Å². The number of H-pyrrole nitrogens is 1. The number of nitro groups is 1. The van der Waals surface area contributed by atoms with Crippen LogP contribution in [0.15, 0.2) is 83.9 Å². The van der Waals surface area contributed by atoms with Crippen molar-refractivity contribution in [1.82, 2.24) is 9.71 Å². The van der Waals surface area contributed by atoms with Crippen LogP contribution in [0.25, 0.3) is 10.9 Å². The van der Waals surface area contributed by atoms with E-state index in [1.807, 2.05) is 54.7 Å². The Morgan fingerprint density at radius 3 is 2.38 bits per heavy atom. The van der Waals surface area contributed by atoms with Gasteiger partial charge in [-0.1, -0.05) is 30.3 Å². The molecule has 0 saturated carbocycles. The molecule has 1 unspecified atom stereocenters. The van der Waals surface area contributed by atoms with Crippen molar-refractivity contribution in [3.63, 3.8) is 0 Å². The van der Waals surface area contributed by atoms with Gasteiger partial charge < -0.3 is 9.72 Å². The molecule has 164 valence electrons. The molecule has 1 heterocycles. The minimum absolute atomic E-state index is 0.0319. The lowest BCUT2D eigenvalue weighted by atomic mass is 9.91. The predicted molar refractivity (Wildman–Crippen MR) is 121 cm³/mol. The molecule has 0 radical (unpaired) electrons. The highest BCUT2D eigenvalue weighted by atomic mass is 32.2. The number of methoxy groups -OCH3 is 1. The molecule has 4 aromatic rings. The number of para-hydroxylation sites is 1. The normalized spacial score (nSPS) is 12.5. The van der Waals surface area contributed by atoms with Gasteiger partial charge in [0, 0.05) is 41.7 Å². The van der Waals surface area contributed by atoms with E-state index in [4.69, 9.17) is 4.74 Å². The monoisotopic (exact) mass is 451 g/mol. The molecule has 0 saturated heterocycles. The highest BCUT2D eigenvalue weighted by Crippen LogP contribution is 2.32. The molecule has 3 aromatic carbocycles. The van der Waals surface area contributed by atoms with E-state index in [9.17, 15) is 18.5 Å². The predicted octanol–water partition coefficient (Wildman–Crippen LogP) is 4.20. The van der Waals surface area contributed by atoms with E-state index in [0.29, 0.717) is 5.75 Å². The summed E-state index contributed by atoms with van der Waals surface area (Å²) in [4.78, 5) is 13.5. The molecule has 0 bridgehead atoms. The molecule has 1 atom stereocenters. The highest BCUT2D eigenvalue weighted by molar-refractivity contribution is 7.89. The number of rotatable bonds is 8. The maximum atomic E-state index is 12.9. The van der Waals surface area contributed by atoms with Gasteiger partial charge in [-0.15, -0.1) is 0 Å². The lowest BCUT2D eigenvalue weighted by Gasteiger charge is -2.19. The lowest BCUT2D eigenvalue weighted by molar-refractivity contribution is -0.384. The molecular formula is C23H21N3O5S. The maximum absolute atomic E-state index is 12.9. The van der Waals surface area contributed by atoms with Crippen LogP contribution in [-0.4, -0.2) is 32.0 Å². The van der Waals surface area contributed by atoms with Crippen LogP contribution >= 0.6 is 0 Å². The summed E-state index contributed by atoms with van der Waals surface area (Å²) in [5, 5.41) is 11.8. The van der Waals surface area contributed by atoms with Gasteiger partial charge in [-0.25, -0.2) is 13.1 Å². The number of nitrogens with zero attached hydrogens (tertiary/aromatic N) is 1. The van der Waals surface area contributed by atoms with Gasteiger partial charge in [-0.3, -0.25) is 10.1 Å². The first-order valence-corrected chi connectivity index (χ1v) is 11.3. The zero-order valence-corrected chi connectivity index (χ0v) is 18.0. The number of aromatic amines is 1. The van der Waals surface area contributed by atoms with Crippen LogP contribution in [-0.2, 0) is 10.0 Å². The third-order valence-electron chi connectivity index (χ3n) is 5.35. The molecule has 0 aliphatic rings. The number of fused-ring (bicyclic) bond motifs is 1. The van der Waals surface area contributed by atoms with Crippen molar-refractivity contribution in [2.24, 2.45) is 0 Å². The number of hydrogen-bond acceptors (Lipinski definition) is 5. The van der Waals surface area contributed by atoms with Crippen LogP contribution in [0.1, 0.15) is 17.0 Å². The van der Waals surface area contributed by atoms with E-state index in [0.717, 1.165) is 22.0 Å². The molecule has 9 heteroatoms. The smallest absolute Gasteiger partial charge is 0.269 e. The Kier molecular flexibility index (Phi) is 5.93. The number of nitrogens with one attached hydrogen (secondary N) is 2. The second kappa shape index (κ2) is 8.81. The van der Waals surface area contributed by atoms with Gasteiger partial charge in [-0.2, -0.15) is 0 Å². The summed E-state index contributed by atoms with van der Waals surface area (Å²) in [6.07, 6.45) is 1.89. The van der Waals surface area contributed by atoms with E-state index in [1.165, 1.54) is 24.3 Å². The quantitative estimate of drug-likeness (QED) is 0.308. The fourth-order valence-electron chi connectivity index (χ4n) is 3.65. The van der Waals surface area contributed by atoms with E-state index < -0.39 is 14.9 Å².